The van der Waals surface area contributed by atoms with Crippen molar-refractivity contribution in [2.45, 2.75) is 19.0 Å². The summed E-state index contributed by atoms with van der Waals surface area (Å²) < 4.78 is 0. The van der Waals surface area contributed by atoms with Gasteiger partial charge in [-0.2, -0.15) is 0 Å². The summed E-state index contributed by atoms with van der Waals surface area (Å²) in [5.74, 6) is -2.86. The lowest BCUT2D eigenvalue weighted by Gasteiger charge is -2.33. The van der Waals surface area contributed by atoms with Gasteiger partial charge in [0.2, 0.25) is 17.7 Å². The number of benzene rings is 3. The molecule has 3 aromatic rings. The van der Waals surface area contributed by atoms with Gasteiger partial charge in [-0.05, 0) is 34.4 Å². The van der Waals surface area contributed by atoms with E-state index in [0.29, 0.717) is 5.69 Å². The molecule has 190 valence electrons. The topological polar surface area (TPSA) is 98.7 Å². The average molecular weight is 498 g/mol. The van der Waals surface area contributed by atoms with Crippen LogP contribution in [0.4, 0.5) is 5.69 Å². The number of nitrogens with zero attached hydrogens (tertiary/aromatic N) is 1. The zero-order chi connectivity index (χ0) is 26.1. The third kappa shape index (κ3) is 4.40. The van der Waals surface area contributed by atoms with Gasteiger partial charge in [0.25, 0.3) is 0 Å². The van der Waals surface area contributed by atoms with Crippen LogP contribution in [0.2, 0.25) is 0 Å². The molecule has 1 saturated heterocycles. The maximum atomic E-state index is 14.1. The van der Waals surface area contributed by atoms with Crippen molar-refractivity contribution >= 4 is 34.2 Å². The van der Waals surface area contributed by atoms with E-state index in [1.165, 1.54) is 4.90 Å². The first-order valence-electron chi connectivity index (χ1n) is 12.6. The van der Waals surface area contributed by atoms with E-state index in [9.17, 15) is 19.5 Å². The number of nitrogens with one attached hydrogen (secondary N) is 2. The van der Waals surface area contributed by atoms with Crippen LogP contribution in [-0.2, 0) is 14.4 Å². The van der Waals surface area contributed by atoms with Crippen molar-refractivity contribution in [3.8, 4) is 0 Å². The van der Waals surface area contributed by atoms with Gasteiger partial charge in [-0.1, -0.05) is 79.7 Å². The predicted molar refractivity (Wildman–Crippen MR) is 142 cm³/mol. The van der Waals surface area contributed by atoms with Crippen molar-refractivity contribution in [2.75, 3.05) is 19.0 Å². The van der Waals surface area contributed by atoms with Crippen LogP contribution in [0.25, 0.3) is 10.8 Å². The number of rotatable bonds is 6. The zero-order valence-corrected chi connectivity index (χ0v) is 20.9. The maximum absolute atomic E-state index is 14.1. The van der Waals surface area contributed by atoms with Gasteiger partial charge < -0.3 is 20.6 Å². The van der Waals surface area contributed by atoms with Crippen molar-refractivity contribution in [3.63, 3.8) is 0 Å². The summed E-state index contributed by atoms with van der Waals surface area (Å²) in [6.45, 7) is 1.56. The number of aliphatic hydroxyl groups is 1. The van der Waals surface area contributed by atoms with Gasteiger partial charge >= 0.3 is 0 Å². The number of anilines is 1. The van der Waals surface area contributed by atoms with Crippen LogP contribution in [0.5, 0.6) is 0 Å². The minimum absolute atomic E-state index is 0.168. The Kier molecular flexibility index (Phi) is 6.80. The first-order valence-corrected chi connectivity index (χ1v) is 12.6. The summed E-state index contributed by atoms with van der Waals surface area (Å²) in [6.07, 6.45) is 3.82. The van der Waals surface area contributed by atoms with Crippen LogP contribution in [0, 0.1) is 23.7 Å². The number of aliphatic hydroxyl groups excluding tert-OH is 1. The van der Waals surface area contributed by atoms with Crippen LogP contribution in [0.15, 0.2) is 84.9 Å². The molecule has 3 aromatic carbocycles. The molecule has 1 heterocycles. The normalized spacial score (nSPS) is 25.5. The van der Waals surface area contributed by atoms with Gasteiger partial charge in [0, 0.05) is 18.7 Å². The van der Waals surface area contributed by atoms with Crippen molar-refractivity contribution in [1.29, 1.82) is 0 Å². The molecule has 1 aliphatic carbocycles. The number of likely N-dealkylation sites (tertiary alicyclic amines) is 1. The standard InChI is InChI=1S/C30H31N3O4/c1-18-12-15-23-26(25(18)28(35)31-2)30(37)33(24(17-34)20-9-4-3-5-10-20)27(23)29(36)32-22-14-13-19-8-6-7-11-21(19)16-22/h3-16,18,23-27,34H,17H2,1-2H3,(H,31,35)(H,32,36)/t18-,23+,24-,25-,26+,27+/m1/s1. The molecule has 0 spiro atoms. The number of allylic oxidation sites excluding steroid dienone is 1. The third-order valence-corrected chi connectivity index (χ3v) is 7.74. The molecule has 37 heavy (non-hydrogen) atoms. The van der Waals surface area contributed by atoms with E-state index in [4.69, 9.17) is 0 Å². The van der Waals surface area contributed by atoms with E-state index in [1.54, 1.807) is 7.05 Å². The lowest BCUT2D eigenvalue weighted by atomic mass is 9.70. The minimum atomic E-state index is -0.891. The van der Waals surface area contributed by atoms with E-state index in [2.05, 4.69) is 10.6 Å². The number of hydrogen-bond acceptors (Lipinski definition) is 4. The Bertz CT molecular complexity index is 1360. The molecule has 0 bridgehead atoms. The molecule has 6 atom stereocenters. The van der Waals surface area contributed by atoms with E-state index < -0.39 is 29.8 Å². The SMILES string of the molecule is CNC(=O)[C@H]1[C@H]2C(=O)N([C@H](CO)c3ccccc3)[C@H](C(=O)Nc3ccc4ccccc4c3)[C@H]2C=C[C@H]1C. The highest BCUT2D eigenvalue weighted by molar-refractivity contribution is 6.03. The second-order valence-electron chi connectivity index (χ2n) is 9.84. The Morgan fingerprint density at radius 1 is 0.946 bits per heavy atom. The number of hydrogen-bond donors (Lipinski definition) is 3. The van der Waals surface area contributed by atoms with Crippen molar-refractivity contribution in [2.24, 2.45) is 23.7 Å². The van der Waals surface area contributed by atoms with E-state index in [-0.39, 0.29) is 30.2 Å². The number of carbonyl (C=O) groups is 3. The highest BCUT2D eigenvalue weighted by Crippen LogP contribution is 2.47. The van der Waals surface area contributed by atoms with Crippen LogP contribution in [0.1, 0.15) is 18.5 Å². The lowest BCUT2D eigenvalue weighted by molar-refractivity contribution is -0.142. The number of fused-ring (bicyclic) bond motifs is 2. The summed E-state index contributed by atoms with van der Waals surface area (Å²) in [5, 5.41) is 18.2. The Hall–Kier alpha value is -3.97. The first kappa shape index (κ1) is 24.7. The molecule has 0 aromatic heterocycles. The molecule has 5 rings (SSSR count). The molecule has 7 heteroatoms. The fourth-order valence-corrected chi connectivity index (χ4v) is 5.95. The highest BCUT2D eigenvalue weighted by atomic mass is 16.3. The van der Waals surface area contributed by atoms with Gasteiger partial charge in [0.05, 0.1) is 24.5 Å². The van der Waals surface area contributed by atoms with Crippen LogP contribution in [-0.4, -0.2) is 47.4 Å². The smallest absolute Gasteiger partial charge is 0.247 e. The molecule has 1 fully saturated rings. The third-order valence-electron chi connectivity index (χ3n) is 7.74. The lowest BCUT2D eigenvalue weighted by Crippen LogP contribution is -2.46. The quantitative estimate of drug-likeness (QED) is 0.454. The molecular weight excluding hydrogens is 466 g/mol. The van der Waals surface area contributed by atoms with Gasteiger partial charge in [-0.3, -0.25) is 14.4 Å². The molecule has 2 aliphatic rings. The van der Waals surface area contributed by atoms with Crippen molar-refractivity contribution in [3.05, 3.63) is 90.5 Å². The van der Waals surface area contributed by atoms with Gasteiger partial charge in [0.15, 0.2) is 0 Å². The Morgan fingerprint density at radius 3 is 2.35 bits per heavy atom. The molecular formula is C30H31N3O4. The molecule has 7 nitrogen and oxygen atoms in total. The Morgan fingerprint density at radius 2 is 1.65 bits per heavy atom. The molecule has 0 unspecified atom stereocenters. The number of amides is 3. The van der Waals surface area contributed by atoms with Crippen molar-refractivity contribution in [1.82, 2.24) is 10.2 Å². The van der Waals surface area contributed by atoms with E-state index >= 15 is 0 Å². The second-order valence-corrected chi connectivity index (χ2v) is 9.84. The maximum Gasteiger partial charge on any atom is 0.247 e. The summed E-state index contributed by atoms with van der Waals surface area (Å²) in [5.41, 5.74) is 1.35. The molecule has 0 saturated carbocycles. The Balaban J connectivity index is 1.56. The summed E-state index contributed by atoms with van der Waals surface area (Å²) >= 11 is 0. The van der Waals surface area contributed by atoms with Crippen molar-refractivity contribution < 1.29 is 19.5 Å². The summed E-state index contributed by atoms with van der Waals surface area (Å²) in [4.78, 5) is 42.4. The second kappa shape index (κ2) is 10.2. The van der Waals surface area contributed by atoms with E-state index in [0.717, 1.165) is 16.3 Å². The fourth-order valence-electron chi connectivity index (χ4n) is 5.95. The van der Waals surface area contributed by atoms with Gasteiger partial charge in [0.1, 0.15) is 6.04 Å². The van der Waals surface area contributed by atoms with Gasteiger partial charge in [-0.15, -0.1) is 0 Å². The van der Waals surface area contributed by atoms with Crippen LogP contribution >= 0.6 is 0 Å². The molecule has 1 aliphatic heterocycles. The predicted octanol–water partition coefficient (Wildman–Crippen LogP) is 3.52. The van der Waals surface area contributed by atoms with Gasteiger partial charge in [-0.25, -0.2) is 0 Å². The average Bonchev–Trinajstić information content (AvgIpc) is 3.21. The Labute approximate surface area is 216 Å². The summed E-state index contributed by atoms with van der Waals surface area (Å²) in [6, 6.07) is 21.2. The zero-order valence-electron chi connectivity index (χ0n) is 20.9. The summed E-state index contributed by atoms with van der Waals surface area (Å²) in [7, 11) is 1.56. The molecule has 0 radical (unpaired) electrons. The fraction of sp³-hybridized carbons (Fsp3) is 0.300. The van der Waals surface area contributed by atoms with E-state index in [1.807, 2.05) is 91.9 Å². The molecule has 3 N–H and O–H groups in total. The minimum Gasteiger partial charge on any atom is -0.394 e. The number of carbonyl (C=O) groups excluding carboxylic acids is 3. The first-order chi connectivity index (χ1) is 17.9. The largest absolute Gasteiger partial charge is 0.394 e. The highest BCUT2D eigenvalue weighted by Gasteiger charge is 2.58. The molecule has 3 amide bonds. The van der Waals surface area contributed by atoms with Crippen LogP contribution < -0.4 is 10.6 Å². The van der Waals surface area contributed by atoms with Crippen LogP contribution in [0.3, 0.4) is 0 Å². The monoisotopic (exact) mass is 497 g/mol.